The lowest BCUT2D eigenvalue weighted by molar-refractivity contribution is -0.0453. The van der Waals surface area contributed by atoms with E-state index in [1.807, 2.05) is 25.3 Å². The number of aromatic hydroxyl groups is 1. The van der Waals surface area contributed by atoms with E-state index in [2.05, 4.69) is 54.5 Å². The number of nitrogens with one attached hydrogen (secondary N) is 1. The molecule has 5 nitrogen and oxygen atoms in total. The number of nitrogens with zero attached hydrogens (tertiary/aromatic N) is 1. The van der Waals surface area contributed by atoms with Gasteiger partial charge >= 0.3 is 0 Å². The maximum absolute atomic E-state index is 10.4. The predicted molar refractivity (Wildman–Crippen MR) is 126 cm³/mol. The molecule has 2 aromatic carbocycles. The number of phenolic OH excluding ortho intramolecular Hbond substituents is 1. The summed E-state index contributed by atoms with van der Waals surface area (Å²) in [4.78, 5) is 2.43. The number of aliphatic hydroxyl groups excluding tert-OH is 1. The summed E-state index contributed by atoms with van der Waals surface area (Å²) in [7, 11) is 4.18. The van der Waals surface area contributed by atoms with Crippen molar-refractivity contribution in [2.45, 2.75) is 55.9 Å². The van der Waals surface area contributed by atoms with Crippen LogP contribution in [-0.4, -0.2) is 60.0 Å². The average Bonchev–Trinajstić information content (AvgIpc) is 3.16. The van der Waals surface area contributed by atoms with Gasteiger partial charge in [0.15, 0.2) is 11.5 Å². The minimum Gasteiger partial charge on any atom is -0.504 e. The molecule has 4 aliphatic rings. The quantitative estimate of drug-likeness (QED) is 0.648. The molecule has 5 heteroatoms. The Labute approximate surface area is 190 Å². The van der Waals surface area contributed by atoms with Gasteiger partial charge in [-0.3, -0.25) is 0 Å². The molecule has 2 aliphatic heterocycles. The molecular weight excluding hydrogens is 400 g/mol. The Morgan fingerprint density at radius 2 is 1.97 bits per heavy atom. The first kappa shape index (κ1) is 21.5. The Kier molecular flexibility index (Phi) is 5.52. The van der Waals surface area contributed by atoms with Gasteiger partial charge in [-0.05, 0) is 64.0 Å². The minimum absolute atomic E-state index is 0.160. The zero-order valence-corrected chi connectivity index (χ0v) is 19.2. The molecule has 1 fully saturated rings. The van der Waals surface area contributed by atoms with Crippen molar-refractivity contribution in [3.05, 3.63) is 71.3 Å². The van der Waals surface area contributed by atoms with E-state index in [9.17, 15) is 10.2 Å². The molecule has 0 saturated carbocycles. The van der Waals surface area contributed by atoms with Crippen molar-refractivity contribution in [1.82, 2.24) is 10.2 Å². The minimum atomic E-state index is -0.594. The molecule has 2 aromatic rings. The second-order valence-electron chi connectivity index (χ2n) is 9.81. The number of ether oxygens (including phenoxy) is 1. The Bertz CT molecular complexity index is 1010. The van der Waals surface area contributed by atoms with Gasteiger partial charge < -0.3 is 25.2 Å². The van der Waals surface area contributed by atoms with Crippen LogP contribution >= 0.6 is 0 Å². The summed E-state index contributed by atoms with van der Waals surface area (Å²) in [6.07, 6.45) is 6.29. The summed E-state index contributed by atoms with van der Waals surface area (Å²) >= 11 is 0. The van der Waals surface area contributed by atoms with Gasteiger partial charge in [-0.25, -0.2) is 0 Å². The third kappa shape index (κ3) is 3.26. The van der Waals surface area contributed by atoms with E-state index >= 15 is 0 Å². The van der Waals surface area contributed by atoms with Crippen molar-refractivity contribution >= 4 is 0 Å². The van der Waals surface area contributed by atoms with Crippen LogP contribution in [0.2, 0.25) is 0 Å². The number of phenols is 1. The summed E-state index contributed by atoms with van der Waals surface area (Å²) in [5, 5.41) is 23.9. The SMILES string of the molecule is CN1CC[C@]23c4c5ccc(O)c4O[C@H]2[C@@H](O)C=C[C@H]3[C@H]1C5.CNC(C)Cc1ccccc1. The molecule has 0 radical (unpaired) electrons. The van der Waals surface area contributed by atoms with Crippen molar-refractivity contribution in [1.29, 1.82) is 0 Å². The summed E-state index contributed by atoms with van der Waals surface area (Å²) in [5.41, 5.74) is 3.69. The highest BCUT2D eigenvalue weighted by molar-refractivity contribution is 5.61. The van der Waals surface area contributed by atoms with Gasteiger partial charge in [0.1, 0.15) is 12.2 Å². The smallest absolute Gasteiger partial charge is 0.165 e. The molecule has 2 aliphatic carbocycles. The molecule has 170 valence electrons. The van der Waals surface area contributed by atoms with Gasteiger partial charge in [0.05, 0.1) is 0 Å². The zero-order valence-electron chi connectivity index (χ0n) is 19.2. The van der Waals surface area contributed by atoms with Gasteiger partial charge in [-0.2, -0.15) is 0 Å². The van der Waals surface area contributed by atoms with Crippen LogP contribution in [0.3, 0.4) is 0 Å². The molecule has 0 aromatic heterocycles. The topological polar surface area (TPSA) is 65.0 Å². The Balaban J connectivity index is 0.000000168. The Hall–Kier alpha value is -2.34. The second kappa shape index (κ2) is 8.22. The number of hydrogen-bond donors (Lipinski definition) is 3. The number of likely N-dealkylation sites (tertiary alicyclic amines) is 1. The molecule has 0 amide bonds. The summed E-state index contributed by atoms with van der Waals surface area (Å²) < 4.78 is 6.09. The number of rotatable bonds is 3. The van der Waals surface area contributed by atoms with Crippen LogP contribution in [0.25, 0.3) is 0 Å². The standard InChI is InChI=1S/C17H19NO3.C10H15N/c1-18-7-6-17-10-3-5-13(20)16(17)21-15-12(19)4-2-9(14(15)17)8-11(10)18;1-9(11-2)8-10-6-4-3-5-7-10/h2-5,10-11,13,16,19-20H,6-8H2,1H3;3-7,9,11H,8H2,1-2H3/t10-,11+,13-,16-,17-;/m0./s1. The number of hydrogen-bond acceptors (Lipinski definition) is 5. The van der Waals surface area contributed by atoms with Crippen molar-refractivity contribution in [3.63, 3.8) is 0 Å². The first-order chi connectivity index (χ1) is 15.5. The van der Waals surface area contributed by atoms with E-state index in [0.29, 0.717) is 23.8 Å². The van der Waals surface area contributed by atoms with Crippen LogP contribution in [0.4, 0.5) is 0 Å². The lowest BCUT2D eigenvalue weighted by Gasteiger charge is -2.56. The zero-order chi connectivity index (χ0) is 22.5. The highest BCUT2D eigenvalue weighted by Crippen LogP contribution is 2.62. The molecular formula is C27H34N2O3. The highest BCUT2D eigenvalue weighted by Gasteiger charge is 2.64. The molecule has 32 heavy (non-hydrogen) atoms. The van der Waals surface area contributed by atoms with Crippen LogP contribution in [0.15, 0.2) is 54.6 Å². The van der Waals surface area contributed by atoms with E-state index in [0.717, 1.165) is 25.8 Å². The van der Waals surface area contributed by atoms with Crippen molar-refractivity contribution in [2.24, 2.45) is 5.92 Å². The maximum atomic E-state index is 10.4. The highest BCUT2D eigenvalue weighted by atomic mass is 16.5. The molecule has 1 spiro atoms. The molecule has 2 heterocycles. The van der Waals surface area contributed by atoms with Gasteiger partial charge in [0.25, 0.3) is 0 Å². The number of likely N-dealkylation sites (N-methyl/N-ethyl adjacent to an activating group) is 2. The van der Waals surface area contributed by atoms with E-state index in [1.165, 1.54) is 16.7 Å². The largest absolute Gasteiger partial charge is 0.504 e. The third-order valence-corrected chi connectivity index (χ3v) is 8.03. The van der Waals surface area contributed by atoms with E-state index < -0.39 is 6.10 Å². The normalized spacial score (nSPS) is 32.4. The van der Waals surface area contributed by atoms with Crippen LogP contribution in [-0.2, 0) is 18.3 Å². The molecule has 2 bridgehead atoms. The Morgan fingerprint density at radius 1 is 1.19 bits per heavy atom. The number of aliphatic hydroxyl groups is 1. The third-order valence-electron chi connectivity index (χ3n) is 8.03. The van der Waals surface area contributed by atoms with Gasteiger partial charge in [0, 0.05) is 29.0 Å². The average molecular weight is 435 g/mol. The fourth-order valence-corrected chi connectivity index (χ4v) is 6.31. The maximum Gasteiger partial charge on any atom is 0.165 e. The molecule has 6 rings (SSSR count). The van der Waals surface area contributed by atoms with Crippen molar-refractivity contribution in [3.8, 4) is 11.5 Å². The van der Waals surface area contributed by atoms with Gasteiger partial charge in [-0.15, -0.1) is 0 Å². The molecule has 6 atom stereocenters. The van der Waals surface area contributed by atoms with Crippen molar-refractivity contribution < 1.29 is 14.9 Å². The second-order valence-corrected chi connectivity index (χ2v) is 9.81. The summed E-state index contributed by atoms with van der Waals surface area (Å²) in [6, 6.07) is 15.3. The first-order valence-electron chi connectivity index (χ1n) is 11.8. The van der Waals surface area contributed by atoms with E-state index in [1.54, 1.807) is 6.07 Å². The fourth-order valence-electron chi connectivity index (χ4n) is 6.31. The molecule has 1 unspecified atom stereocenters. The van der Waals surface area contributed by atoms with E-state index in [4.69, 9.17) is 4.74 Å². The van der Waals surface area contributed by atoms with Crippen LogP contribution in [0, 0.1) is 5.92 Å². The monoisotopic (exact) mass is 434 g/mol. The number of benzene rings is 2. The molecule has 3 N–H and O–H groups in total. The fraction of sp³-hybridized carbons (Fsp3) is 0.481. The summed E-state index contributed by atoms with van der Waals surface area (Å²) in [5.74, 6) is 1.19. The first-order valence-corrected chi connectivity index (χ1v) is 11.8. The van der Waals surface area contributed by atoms with Crippen LogP contribution in [0.1, 0.15) is 30.0 Å². The Morgan fingerprint density at radius 3 is 2.72 bits per heavy atom. The lowest BCUT2D eigenvalue weighted by atomic mass is 9.53. The number of piperidine rings is 1. The van der Waals surface area contributed by atoms with E-state index in [-0.39, 0.29) is 17.3 Å². The van der Waals surface area contributed by atoms with Crippen LogP contribution in [0.5, 0.6) is 11.5 Å². The lowest BCUT2D eigenvalue weighted by Crippen LogP contribution is -2.64. The van der Waals surface area contributed by atoms with Gasteiger partial charge in [0.2, 0.25) is 0 Å². The molecule has 1 saturated heterocycles. The van der Waals surface area contributed by atoms with Gasteiger partial charge in [-0.1, -0.05) is 48.6 Å². The van der Waals surface area contributed by atoms with Crippen LogP contribution < -0.4 is 10.1 Å². The summed E-state index contributed by atoms with van der Waals surface area (Å²) in [6.45, 7) is 3.20. The predicted octanol–water partition coefficient (Wildman–Crippen LogP) is 3.04. The van der Waals surface area contributed by atoms with Crippen molar-refractivity contribution in [2.75, 3.05) is 20.6 Å².